The molecule has 0 spiro atoms. The van der Waals surface area contributed by atoms with Crippen LogP contribution in [0, 0.1) is 0 Å². The van der Waals surface area contributed by atoms with Crippen molar-refractivity contribution < 1.29 is 60.3 Å². The molecule has 0 fully saturated rings. The summed E-state index contributed by atoms with van der Waals surface area (Å²) < 4.78 is 0. The number of aldehydes is 2. The van der Waals surface area contributed by atoms with Gasteiger partial charge in [0.25, 0.3) is 0 Å². The van der Waals surface area contributed by atoms with Gasteiger partial charge in [0.1, 0.15) is 55.1 Å². The van der Waals surface area contributed by atoms with Gasteiger partial charge >= 0.3 is 0 Å². The first-order valence-electron chi connectivity index (χ1n) is 7.64. The molecular weight excluding hydrogens is 374 g/mol. The molecule has 0 aromatic rings. The van der Waals surface area contributed by atoms with Crippen LogP contribution in [0.3, 0.4) is 0 Å². The molecule has 8 atom stereocenters. The van der Waals surface area contributed by atoms with Crippen LogP contribution in [0.4, 0.5) is 0 Å². The summed E-state index contributed by atoms with van der Waals surface area (Å²) in [7, 11) is 0. The number of carbonyl (C=O) groups is 3. The first kappa shape index (κ1) is 27.7. The molecular formula is C14H27NO12. The predicted octanol–water partition coefficient (Wildman–Crippen LogP) is -6.61. The number of amides is 1. The van der Waals surface area contributed by atoms with E-state index < -0.39 is 67.9 Å². The Morgan fingerprint density at radius 2 is 1.19 bits per heavy atom. The zero-order valence-corrected chi connectivity index (χ0v) is 14.4. The van der Waals surface area contributed by atoms with Crippen molar-refractivity contribution in [1.29, 1.82) is 0 Å². The van der Waals surface area contributed by atoms with Gasteiger partial charge in [-0.15, -0.1) is 0 Å². The molecule has 0 radical (unpaired) electrons. The highest BCUT2D eigenvalue weighted by atomic mass is 16.4. The molecule has 0 unspecified atom stereocenters. The highest BCUT2D eigenvalue weighted by Crippen LogP contribution is 2.04. The second-order valence-electron chi connectivity index (χ2n) is 5.45. The average molecular weight is 401 g/mol. The maximum absolute atomic E-state index is 10.6. The van der Waals surface area contributed by atoms with Crippen LogP contribution in [0.25, 0.3) is 0 Å². The van der Waals surface area contributed by atoms with Crippen molar-refractivity contribution in [2.24, 2.45) is 0 Å². The highest BCUT2D eigenvalue weighted by molar-refractivity contribution is 5.77. The maximum Gasteiger partial charge on any atom is 0.217 e. The number of aliphatic hydroxyl groups excluding tert-OH is 9. The van der Waals surface area contributed by atoms with E-state index in [1.165, 1.54) is 0 Å². The third-order valence-corrected chi connectivity index (χ3v) is 3.24. The molecule has 0 rings (SSSR count). The minimum atomic E-state index is -1.79. The lowest BCUT2D eigenvalue weighted by molar-refractivity contribution is -0.136. The third kappa shape index (κ3) is 10.4. The Hall–Kier alpha value is -1.55. The molecule has 0 aliphatic rings. The second-order valence-corrected chi connectivity index (χ2v) is 5.45. The lowest BCUT2D eigenvalue weighted by Gasteiger charge is -2.25. The maximum atomic E-state index is 10.6. The van der Waals surface area contributed by atoms with E-state index in [1.807, 2.05) is 0 Å². The zero-order chi connectivity index (χ0) is 21.7. The lowest BCUT2D eigenvalue weighted by atomic mass is 10.0. The van der Waals surface area contributed by atoms with Crippen LogP contribution in [0.15, 0.2) is 0 Å². The molecule has 0 aromatic heterocycles. The Morgan fingerprint density at radius 3 is 1.48 bits per heavy atom. The minimum Gasteiger partial charge on any atom is -0.394 e. The Balaban J connectivity index is 0. The molecule has 10 N–H and O–H groups in total. The topological polar surface area (TPSA) is 245 Å². The predicted molar refractivity (Wildman–Crippen MR) is 86.0 cm³/mol. The molecule has 160 valence electrons. The molecule has 0 aliphatic carbocycles. The summed E-state index contributed by atoms with van der Waals surface area (Å²) in [5.41, 5.74) is 0. The van der Waals surface area contributed by atoms with Crippen LogP contribution in [0.5, 0.6) is 0 Å². The molecule has 13 heteroatoms. The van der Waals surface area contributed by atoms with Crippen molar-refractivity contribution in [1.82, 2.24) is 5.32 Å². The smallest absolute Gasteiger partial charge is 0.217 e. The molecule has 1 amide bonds. The van der Waals surface area contributed by atoms with Crippen LogP contribution in [0.1, 0.15) is 6.92 Å². The monoisotopic (exact) mass is 401 g/mol. The van der Waals surface area contributed by atoms with Crippen molar-refractivity contribution >= 4 is 18.5 Å². The molecule has 0 heterocycles. The van der Waals surface area contributed by atoms with Crippen molar-refractivity contribution in [2.45, 2.75) is 55.7 Å². The molecule has 27 heavy (non-hydrogen) atoms. The number of hydrogen-bond donors (Lipinski definition) is 10. The quantitative estimate of drug-likeness (QED) is 0.145. The number of rotatable bonds is 11. The van der Waals surface area contributed by atoms with Gasteiger partial charge in [0, 0.05) is 6.92 Å². The summed E-state index contributed by atoms with van der Waals surface area (Å²) in [5, 5.41) is 81.7. The Morgan fingerprint density at radius 1 is 0.778 bits per heavy atom. The van der Waals surface area contributed by atoms with E-state index in [1.54, 1.807) is 0 Å². The number of aliphatic hydroxyl groups is 9. The van der Waals surface area contributed by atoms with Gasteiger partial charge in [0.2, 0.25) is 5.91 Å². The summed E-state index contributed by atoms with van der Waals surface area (Å²) >= 11 is 0. The fourth-order valence-electron chi connectivity index (χ4n) is 1.60. The van der Waals surface area contributed by atoms with Crippen molar-refractivity contribution in [2.75, 3.05) is 13.2 Å². The Kier molecular flexibility index (Phi) is 14.9. The van der Waals surface area contributed by atoms with E-state index in [9.17, 15) is 24.6 Å². The number of hydrogen-bond acceptors (Lipinski definition) is 12. The van der Waals surface area contributed by atoms with Gasteiger partial charge in [-0.2, -0.15) is 0 Å². The SMILES string of the molecule is CC(=O)N[C@@H](C=O)[C@@H](O)[C@@H](O)[C@H](O)CO.O=C[C@@H](O)[C@@H](O)[C@H](O)[C@H](O)CO. The van der Waals surface area contributed by atoms with Crippen LogP contribution < -0.4 is 5.32 Å². The number of carbonyl (C=O) groups excluding carboxylic acids is 3. The Bertz CT molecular complexity index is 436. The van der Waals surface area contributed by atoms with E-state index in [0.29, 0.717) is 0 Å². The first-order chi connectivity index (χ1) is 12.5. The Labute approximate surface area is 154 Å². The molecule has 0 saturated carbocycles. The molecule has 0 bridgehead atoms. The summed E-state index contributed by atoms with van der Waals surface area (Å²) in [5.74, 6) is -0.558. The van der Waals surface area contributed by atoms with Crippen LogP contribution in [-0.4, -0.2) is 126 Å². The summed E-state index contributed by atoms with van der Waals surface area (Å²) in [4.78, 5) is 31.0. The molecule has 13 nitrogen and oxygen atoms in total. The fourth-order valence-corrected chi connectivity index (χ4v) is 1.60. The van der Waals surface area contributed by atoms with Crippen LogP contribution in [-0.2, 0) is 14.4 Å². The van der Waals surface area contributed by atoms with Crippen LogP contribution in [0.2, 0.25) is 0 Å². The van der Waals surface area contributed by atoms with E-state index in [4.69, 9.17) is 35.7 Å². The van der Waals surface area contributed by atoms with Crippen molar-refractivity contribution in [3.63, 3.8) is 0 Å². The first-order valence-corrected chi connectivity index (χ1v) is 7.64. The van der Waals surface area contributed by atoms with E-state index >= 15 is 0 Å². The van der Waals surface area contributed by atoms with Crippen molar-refractivity contribution in [3.05, 3.63) is 0 Å². The van der Waals surface area contributed by atoms with Crippen LogP contribution >= 0.6 is 0 Å². The average Bonchev–Trinajstić information content (AvgIpc) is 2.67. The van der Waals surface area contributed by atoms with Gasteiger partial charge < -0.3 is 60.9 Å². The van der Waals surface area contributed by atoms with Crippen molar-refractivity contribution in [3.8, 4) is 0 Å². The lowest BCUT2D eigenvalue weighted by Crippen LogP contribution is -2.53. The highest BCUT2D eigenvalue weighted by Gasteiger charge is 2.31. The second kappa shape index (κ2) is 14.5. The van der Waals surface area contributed by atoms with Gasteiger partial charge in [-0.3, -0.25) is 4.79 Å². The summed E-state index contributed by atoms with van der Waals surface area (Å²) in [6.45, 7) is -0.383. The van der Waals surface area contributed by atoms with E-state index in [0.717, 1.165) is 6.92 Å². The normalized spacial score (nSPS) is 19.8. The molecule has 0 saturated heterocycles. The summed E-state index contributed by atoms with van der Waals surface area (Å²) in [6, 6.07) is -1.32. The third-order valence-electron chi connectivity index (χ3n) is 3.24. The minimum absolute atomic E-state index is 0.0258. The van der Waals surface area contributed by atoms with Gasteiger partial charge in [0.15, 0.2) is 6.29 Å². The van der Waals surface area contributed by atoms with Gasteiger partial charge in [-0.05, 0) is 0 Å². The zero-order valence-electron chi connectivity index (χ0n) is 14.4. The van der Waals surface area contributed by atoms with E-state index in [-0.39, 0.29) is 12.6 Å². The number of nitrogens with one attached hydrogen (secondary N) is 1. The van der Waals surface area contributed by atoms with Gasteiger partial charge in [0.05, 0.1) is 13.2 Å². The molecule has 0 aromatic carbocycles. The molecule has 0 aliphatic heterocycles. The van der Waals surface area contributed by atoms with E-state index in [2.05, 4.69) is 5.32 Å². The standard InChI is InChI=1S/C8H15NO6.C6H12O6/c1-4(12)9-5(2-10)7(14)8(15)6(13)3-11;7-1-3(9)5(11)6(12)4(10)2-8/h2,5-8,11,13-15H,3H2,1H3,(H,9,12);1,3-6,8-12H,2H2/t5-,6+,7+,8-;3-,4-,5-,6-/m01/s1. The summed E-state index contributed by atoms with van der Waals surface area (Å²) in [6.07, 6.45) is -11.6. The van der Waals surface area contributed by atoms with Gasteiger partial charge in [-0.1, -0.05) is 0 Å². The largest absolute Gasteiger partial charge is 0.394 e. The van der Waals surface area contributed by atoms with Gasteiger partial charge in [-0.25, -0.2) is 0 Å². The fraction of sp³-hybridized carbons (Fsp3) is 0.786.